The summed E-state index contributed by atoms with van der Waals surface area (Å²) in [5.41, 5.74) is 2.37. The van der Waals surface area contributed by atoms with Gasteiger partial charge in [0, 0.05) is 31.9 Å². The smallest absolute Gasteiger partial charge is 0.274 e. The quantitative estimate of drug-likeness (QED) is 0.930. The maximum Gasteiger partial charge on any atom is 0.274 e. The molecule has 1 aromatic carbocycles. The zero-order valence-electron chi connectivity index (χ0n) is 14.5. The van der Waals surface area contributed by atoms with Gasteiger partial charge < -0.3 is 15.1 Å². The predicted molar refractivity (Wildman–Crippen MR) is 96.8 cm³/mol. The maximum atomic E-state index is 12.6. The van der Waals surface area contributed by atoms with Gasteiger partial charge in [0.15, 0.2) is 0 Å². The van der Waals surface area contributed by atoms with Crippen LogP contribution in [0.5, 0.6) is 0 Å². The number of pyridine rings is 1. The fourth-order valence-corrected chi connectivity index (χ4v) is 2.68. The van der Waals surface area contributed by atoms with Crippen LogP contribution in [0.15, 0.2) is 42.5 Å². The van der Waals surface area contributed by atoms with Crippen LogP contribution in [0, 0.1) is 6.92 Å². The SMILES string of the molecule is Cc1ccc(NC(=O)c2cccc(C(=O)N3CCN(C)CC3)n2)cc1. The number of carbonyl (C=O) groups is 2. The van der Waals surface area contributed by atoms with E-state index in [0.717, 1.165) is 18.7 Å². The second-order valence-electron chi connectivity index (χ2n) is 6.32. The first-order valence-electron chi connectivity index (χ1n) is 8.36. The lowest BCUT2D eigenvalue weighted by molar-refractivity contribution is 0.0658. The molecule has 2 amide bonds. The highest BCUT2D eigenvalue weighted by atomic mass is 16.2. The summed E-state index contributed by atoms with van der Waals surface area (Å²) < 4.78 is 0. The van der Waals surface area contributed by atoms with Crippen molar-refractivity contribution in [2.24, 2.45) is 0 Å². The lowest BCUT2D eigenvalue weighted by Gasteiger charge is -2.32. The van der Waals surface area contributed by atoms with E-state index < -0.39 is 0 Å². The van der Waals surface area contributed by atoms with Gasteiger partial charge in [-0.1, -0.05) is 23.8 Å². The van der Waals surface area contributed by atoms with Crippen molar-refractivity contribution >= 4 is 17.5 Å². The van der Waals surface area contributed by atoms with Gasteiger partial charge in [-0.05, 0) is 38.2 Å². The summed E-state index contributed by atoms with van der Waals surface area (Å²) in [5.74, 6) is -0.449. The Balaban J connectivity index is 1.71. The molecular formula is C19H22N4O2. The summed E-state index contributed by atoms with van der Waals surface area (Å²) >= 11 is 0. The zero-order valence-corrected chi connectivity index (χ0v) is 14.5. The molecular weight excluding hydrogens is 316 g/mol. The number of benzene rings is 1. The van der Waals surface area contributed by atoms with E-state index in [1.807, 2.05) is 38.2 Å². The van der Waals surface area contributed by atoms with Crippen molar-refractivity contribution in [1.82, 2.24) is 14.8 Å². The van der Waals surface area contributed by atoms with Crippen LogP contribution in [-0.2, 0) is 0 Å². The third-order valence-electron chi connectivity index (χ3n) is 4.30. The normalized spacial score (nSPS) is 15.0. The van der Waals surface area contributed by atoms with Crippen molar-refractivity contribution in [2.45, 2.75) is 6.92 Å². The first-order valence-corrected chi connectivity index (χ1v) is 8.36. The van der Waals surface area contributed by atoms with E-state index in [-0.39, 0.29) is 17.5 Å². The topological polar surface area (TPSA) is 65.5 Å². The molecule has 1 aliphatic rings. The minimum atomic E-state index is -0.322. The fourth-order valence-electron chi connectivity index (χ4n) is 2.68. The average Bonchev–Trinajstić information content (AvgIpc) is 2.64. The zero-order chi connectivity index (χ0) is 17.8. The van der Waals surface area contributed by atoms with Crippen molar-refractivity contribution in [3.63, 3.8) is 0 Å². The molecule has 1 aromatic heterocycles. The Morgan fingerprint density at radius 2 is 1.60 bits per heavy atom. The number of hydrogen-bond acceptors (Lipinski definition) is 4. The molecule has 0 bridgehead atoms. The molecule has 3 rings (SSSR count). The minimum Gasteiger partial charge on any atom is -0.335 e. The summed E-state index contributed by atoms with van der Waals surface area (Å²) in [6.07, 6.45) is 0. The van der Waals surface area contributed by atoms with E-state index in [1.54, 1.807) is 23.1 Å². The molecule has 0 spiro atoms. The lowest BCUT2D eigenvalue weighted by atomic mass is 10.2. The van der Waals surface area contributed by atoms with Crippen molar-refractivity contribution < 1.29 is 9.59 Å². The van der Waals surface area contributed by atoms with Gasteiger partial charge in [0.2, 0.25) is 0 Å². The molecule has 25 heavy (non-hydrogen) atoms. The highest BCUT2D eigenvalue weighted by molar-refractivity contribution is 6.03. The van der Waals surface area contributed by atoms with Gasteiger partial charge in [0.25, 0.3) is 11.8 Å². The number of rotatable bonds is 3. The summed E-state index contributed by atoms with van der Waals surface area (Å²) in [7, 11) is 2.04. The van der Waals surface area contributed by atoms with E-state index >= 15 is 0 Å². The van der Waals surface area contributed by atoms with E-state index in [0.29, 0.717) is 24.5 Å². The Morgan fingerprint density at radius 3 is 2.28 bits per heavy atom. The monoisotopic (exact) mass is 338 g/mol. The van der Waals surface area contributed by atoms with Crippen molar-refractivity contribution in [3.8, 4) is 0 Å². The molecule has 1 fully saturated rings. The van der Waals surface area contributed by atoms with Crippen LogP contribution in [0.2, 0.25) is 0 Å². The summed E-state index contributed by atoms with van der Waals surface area (Å²) in [6, 6.07) is 12.5. The van der Waals surface area contributed by atoms with E-state index in [1.165, 1.54) is 0 Å². The molecule has 0 aliphatic carbocycles. The largest absolute Gasteiger partial charge is 0.335 e. The number of amides is 2. The minimum absolute atomic E-state index is 0.127. The van der Waals surface area contributed by atoms with E-state index in [2.05, 4.69) is 15.2 Å². The third kappa shape index (κ3) is 4.22. The van der Waals surface area contributed by atoms with Gasteiger partial charge in [-0.25, -0.2) is 4.98 Å². The Morgan fingerprint density at radius 1 is 0.960 bits per heavy atom. The molecule has 0 atom stereocenters. The number of carbonyl (C=O) groups excluding carboxylic acids is 2. The standard InChI is InChI=1S/C19H22N4O2/c1-14-6-8-15(9-7-14)20-18(24)16-4-3-5-17(21-16)19(25)23-12-10-22(2)11-13-23/h3-9H,10-13H2,1-2H3,(H,20,24). The van der Waals surface area contributed by atoms with Crippen molar-refractivity contribution in [3.05, 3.63) is 59.4 Å². The number of anilines is 1. The van der Waals surface area contributed by atoms with Gasteiger partial charge in [-0.3, -0.25) is 9.59 Å². The number of nitrogens with zero attached hydrogens (tertiary/aromatic N) is 3. The van der Waals surface area contributed by atoms with Crippen LogP contribution < -0.4 is 5.32 Å². The number of piperazine rings is 1. The molecule has 1 aliphatic heterocycles. The summed E-state index contributed by atoms with van der Waals surface area (Å²) in [4.78, 5) is 33.2. The van der Waals surface area contributed by atoms with Gasteiger partial charge in [-0.2, -0.15) is 0 Å². The van der Waals surface area contributed by atoms with Gasteiger partial charge in [0.05, 0.1) is 0 Å². The van der Waals surface area contributed by atoms with Gasteiger partial charge in [0.1, 0.15) is 11.4 Å². The van der Waals surface area contributed by atoms with E-state index in [9.17, 15) is 9.59 Å². The molecule has 0 radical (unpaired) electrons. The van der Waals surface area contributed by atoms with Crippen LogP contribution in [0.25, 0.3) is 0 Å². The van der Waals surface area contributed by atoms with Crippen molar-refractivity contribution in [2.75, 3.05) is 38.5 Å². The second-order valence-corrected chi connectivity index (χ2v) is 6.32. The van der Waals surface area contributed by atoms with E-state index in [4.69, 9.17) is 0 Å². The summed E-state index contributed by atoms with van der Waals surface area (Å²) in [5, 5.41) is 2.80. The van der Waals surface area contributed by atoms with Gasteiger partial charge >= 0.3 is 0 Å². The highest BCUT2D eigenvalue weighted by Crippen LogP contribution is 2.11. The number of nitrogens with one attached hydrogen (secondary N) is 1. The van der Waals surface area contributed by atoms with Crippen LogP contribution in [0.1, 0.15) is 26.5 Å². The van der Waals surface area contributed by atoms with Gasteiger partial charge in [-0.15, -0.1) is 0 Å². The first-order chi connectivity index (χ1) is 12.0. The molecule has 0 saturated carbocycles. The Bertz CT molecular complexity index is 765. The Labute approximate surface area is 147 Å². The molecule has 0 unspecified atom stereocenters. The number of likely N-dealkylation sites (N-methyl/N-ethyl adjacent to an activating group) is 1. The Kier molecular flexibility index (Phi) is 5.09. The molecule has 130 valence electrons. The number of aromatic nitrogens is 1. The molecule has 6 heteroatoms. The number of hydrogen-bond donors (Lipinski definition) is 1. The van der Waals surface area contributed by atoms with Crippen LogP contribution in [0.3, 0.4) is 0 Å². The van der Waals surface area contributed by atoms with Crippen molar-refractivity contribution in [1.29, 1.82) is 0 Å². The maximum absolute atomic E-state index is 12.6. The summed E-state index contributed by atoms with van der Waals surface area (Å²) in [6.45, 7) is 5.03. The van der Waals surface area contributed by atoms with Crippen LogP contribution in [0.4, 0.5) is 5.69 Å². The molecule has 1 N–H and O–H groups in total. The molecule has 2 heterocycles. The predicted octanol–water partition coefficient (Wildman–Crippen LogP) is 2.03. The number of aryl methyl sites for hydroxylation is 1. The van der Waals surface area contributed by atoms with Crippen LogP contribution in [-0.4, -0.2) is 59.8 Å². The lowest BCUT2D eigenvalue weighted by Crippen LogP contribution is -2.47. The average molecular weight is 338 g/mol. The van der Waals surface area contributed by atoms with Crippen LogP contribution >= 0.6 is 0 Å². The fraction of sp³-hybridized carbons (Fsp3) is 0.316. The first kappa shape index (κ1) is 17.1. The molecule has 6 nitrogen and oxygen atoms in total. The molecule has 1 saturated heterocycles. The second kappa shape index (κ2) is 7.44. The molecule has 2 aromatic rings. The third-order valence-corrected chi connectivity index (χ3v) is 4.30. The Hall–Kier alpha value is -2.73. The highest BCUT2D eigenvalue weighted by Gasteiger charge is 2.22.